The molecule has 7 nitrogen and oxygen atoms in total. The lowest BCUT2D eigenvalue weighted by Crippen LogP contribution is -2.22. The minimum absolute atomic E-state index is 0.232. The number of furan rings is 1. The van der Waals surface area contributed by atoms with Crippen LogP contribution in [-0.4, -0.2) is 33.5 Å². The van der Waals surface area contributed by atoms with Crippen molar-refractivity contribution in [2.45, 2.75) is 31.9 Å². The summed E-state index contributed by atoms with van der Waals surface area (Å²) in [5.41, 5.74) is 3.62. The maximum atomic E-state index is 13.6. The van der Waals surface area contributed by atoms with Crippen molar-refractivity contribution in [3.63, 3.8) is 0 Å². The standard InChI is InChI=1S/C31H31FN2O5S/c1-5-6-8-19(2)34-30(35)22-10-7-9-21(15-22)25-17-26-27(16-23(25)18-40(4,37)38)39-29(28(26)31(36)33-3)20-11-13-24(32)14-12-20/h7,9-17H,2,5-6,8,18H2,1,3-4H3,(H,33,36)(H,34,35). The highest BCUT2D eigenvalue weighted by Crippen LogP contribution is 2.38. The maximum absolute atomic E-state index is 13.6. The van der Waals surface area contributed by atoms with Gasteiger partial charge in [-0.25, -0.2) is 12.8 Å². The first-order chi connectivity index (χ1) is 19.0. The van der Waals surface area contributed by atoms with E-state index >= 15 is 0 Å². The molecule has 0 aliphatic heterocycles. The molecule has 3 aromatic carbocycles. The van der Waals surface area contributed by atoms with Gasteiger partial charge in [0.05, 0.1) is 11.3 Å². The lowest BCUT2D eigenvalue weighted by molar-refractivity contribution is 0.0956. The molecule has 0 atom stereocenters. The Morgan fingerprint density at radius 2 is 1.73 bits per heavy atom. The first-order valence-corrected chi connectivity index (χ1v) is 14.9. The van der Waals surface area contributed by atoms with Gasteiger partial charge in [0, 0.05) is 35.5 Å². The average Bonchev–Trinajstić information content (AvgIpc) is 3.28. The average molecular weight is 563 g/mol. The Morgan fingerprint density at radius 1 is 1.00 bits per heavy atom. The second kappa shape index (κ2) is 11.9. The predicted molar refractivity (Wildman–Crippen MR) is 155 cm³/mol. The zero-order valence-corrected chi connectivity index (χ0v) is 23.5. The molecule has 0 spiro atoms. The Labute approximate surface area is 233 Å². The Bertz CT molecular complexity index is 1710. The Hall–Kier alpha value is -4.24. The highest BCUT2D eigenvalue weighted by atomic mass is 32.2. The summed E-state index contributed by atoms with van der Waals surface area (Å²) in [6.07, 6.45) is 3.70. The van der Waals surface area contributed by atoms with Crippen LogP contribution in [0.2, 0.25) is 0 Å². The molecule has 4 rings (SSSR count). The molecule has 9 heteroatoms. The van der Waals surface area contributed by atoms with Crippen molar-refractivity contribution in [2.75, 3.05) is 13.3 Å². The van der Waals surface area contributed by atoms with E-state index in [0.29, 0.717) is 50.9 Å². The van der Waals surface area contributed by atoms with Gasteiger partial charge in [0.25, 0.3) is 11.8 Å². The summed E-state index contributed by atoms with van der Waals surface area (Å²) in [7, 11) is -1.97. The molecule has 2 N–H and O–H groups in total. The van der Waals surface area contributed by atoms with Crippen LogP contribution >= 0.6 is 0 Å². The summed E-state index contributed by atoms with van der Waals surface area (Å²) in [5, 5.41) is 5.90. The molecule has 0 aliphatic carbocycles. The minimum Gasteiger partial charge on any atom is -0.455 e. The van der Waals surface area contributed by atoms with Gasteiger partial charge in [-0.15, -0.1) is 0 Å². The zero-order valence-electron chi connectivity index (χ0n) is 22.6. The van der Waals surface area contributed by atoms with Crippen LogP contribution in [0.15, 0.2) is 77.4 Å². The third kappa shape index (κ3) is 6.48. The number of amides is 2. The number of nitrogens with one attached hydrogen (secondary N) is 2. The van der Waals surface area contributed by atoms with E-state index in [4.69, 9.17) is 4.42 Å². The molecule has 1 heterocycles. The van der Waals surface area contributed by atoms with E-state index in [1.54, 1.807) is 36.4 Å². The maximum Gasteiger partial charge on any atom is 0.255 e. The van der Waals surface area contributed by atoms with Crippen LogP contribution in [0.25, 0.3) is 33.4 Å². The van der Waals surface area contributed by atoms with Gasteiger partial charge >= 0.3 is 0 Å². The van der Waals surface area contributed by atoms with Crippen molar-refractivity contribution in [1.29, 1.82) is 0 Å². The SMILES string of the molecule is C=C(CCCC)NC(=O)c1cccc(-c2cc3c(C(=O)NC)c(-c4ccc(F)cc4)oc3cc2CS(C)(=O)=O)c1. The van der Waals surface area contributed by atoms with Gasteiger partial charge < -0.3 is 15.1 Å². The van der Waals surface area contributed by atoms with E-state index in [1.165, 1.54) is 31.3 Å². The summed E-state index contributed by atoms with van der Waals surface area (Å²) in [6.45, 7) is 5.98. The molecule has 0 saturated heterocycles. The van der Waals surface area contributed by atoms with E-state index < -0.39 is 21.6 Å². The lowest BCUT2D eigenvalue weighted by atomic mass is 9.95. The number of benzene rings is 3. The highest BCUT2D eigenvalue weighted by molar-refractivity contribution is 7.89. The van der Waals surface area contributed by atoms with Crippen LogP contribution in [0.4, 0.5) is 4.39 Å². The number of sulfone groups is 1. The fourth-order valence-corrected chi connectivity index (χ4v) is 5.33. The van der Waals surface area contributed by atoms with E-state index in [9.17, 15) is 22.4 Å². The van der Waals surface area contributed by atoms with Crippen LogP contribution in [0.1, 0.15) is 52.5 Å². The molecule has 0 fully saturated rings. The second-order valence-electron chi connectivity index (χ2n) is 9.71. The molecular weight excluding hydrogens is 531 g/mol. The van der Waals surface area contributed by atoms with Gasteiger partial charge in [-0.05, 0) is 78.1 Å². The lowest BCUT2D eigenvalue weighted by Gasteiger charge is -2.12. The number of carbonyl (C=O) groups is 2. The molecule has 1 aromatic heterocycles. The minimum atomic E-state index is -3.46. The van der Waals surface area contributed by atoms with Crippen molar-refractivity contribution in [2.24, 2.45) is 0 Å². The number of rotatable bonds is 10. The summed E-state index contributed by atoms with van der Waals surface area (Å²) >= 11 is 0. The molecule has 4 aromatic rings. The molecule has 0 unspecified atom stereocenters. The van der Waals surface area contributed by atoms with E-state index in [-0.39, 0.29) is 23.0 Å². The number of unbranched alkanes of at least 4 members (excludes halogenated alkanes) is 1. The summed E-state index contributed by atoms with van der Waals surface area (Å²) in [4.78, 5) is 26.0. The molecular formula is C31H31FN2O5S. The monoisotopic (exact) mass is 562 g/mol. The van der Waals surface area contributed by atoms with Crippen LogP contribution in [-0.2, 0) is 15.6 Å². The molecule has 0 aliphatic rings. The third-order valence-electron chi connectivity index (χ3n) is 6.45. The van der Waals surface area contributed by atoms with Crippen LogP contribution in [0, 0.1) is 5.82 Å². The number of carbonyl (C=O) groups excluding carboxylic acids is 2. The Morgan fingerprint density at radius 3 is 2.38 bits per heavy atom. The van der Waals surface area contributed by atoms with Crippen molar-refractivity contribution in [1.82, 2.24) is 10.6 Å². The highest BCUT2D eigenvalue weighted by Gasteiger charge is 2.24. The third-order valence-corrected chi connectivity index (χ3v) is 7.29. The van der Waals surface area contributed by atoms with Crippen LogP contribution < -0.4 is 10.6 Å². The Kier molecular flexibility index (Phi) is 8.54. The molecule has 2 amide bonds. The van der Waals surface area contributed by atoms with Crippen molar-refractivity contribution < 1.29 is 26.8 Å². The van der Waals surface area contributed by atoms with Gasteiger partial charge in [0.1, 0.15) is 17.2 Å². The fraction of sp³-hybridized carbons (Fsp3) is 0.226. The van der Waals surface area contributed by atoms with Crippen molar-refractivity contribution in [3.05, 3.63) is 95.4 Å². The smallest absolute Gasteiger partial charge is 0.255 e. The topological polar surface area (TPSA) is 105 Å². The molecule has 0 radical (unpaired) electrons. The zero-order chi connectivity index (χ0) is 29.0. The molecule has 40 heavy (non-hydrogen) atoms. The van der Waals surface area contributed by atoms with Crippen molar-refractivity contribution in [3.8, 4) is 22.5 Å². The summed E-state index contributed by atoms with van der Waals surface area (Å²) < 4.78 is 44.4. The fourth-order valence-electron chi connectivity index (χ4n) is 4.52. The normalized spacial score (nSPS) is 11.4. The van der Waals surface area contributed by atoms with Crippen molar-refractivity contribution >= 4 is 32.6 Å². The Balaban J connectivity index is 1.89. The second-order valence-corrected chi connectivity index (χ2v) is 11.9. The van der Waals surface area contributed by atoms with E-state index in [1.807, 2.05) is 0 Å². The van der Waals surface area contributed by atoms with Gasteiger partial charge in [-0.2, -0.15) is 0 Å². The largest absolute Gasteiger partial charge is 0.455 e. The first-order valence-electron chi connectivity index (χ1n) is 12.9. The number of halogens is 1. The number of hydrogen-bond acceptors (Lipinski definition) is 5. The molecule has 0 bridgehead atoms. The molecule has 208 valence electrons. The van der Waals surface area contributed by atoms with Gasteiger partial charge in [0.15, 0.2) is 9.84 Å². The van der Waals surface area contributed by atoms with E-state index in [2.05, 4.69) is 24.1 Å². The summed E-state index contributed by atoms with van der Waals surface area (Å²) in [5.74, 6) is -1.22. The number of fused-ring (bicyclic) bond motifs is 1. The first kappa shape index (κ1) is 28.8. The van der Waals surface area contributed by atoms with Gasteiger partial charge in [-0.3, -0.25) is 9.59 Å². The van der Waals surface area contributed by atoms with Gasteiger partial charge in [-0.1, -0.05) is 32.1 Å². The summed E-state index contributed by atoms with van der Waals surface area (Å²) in [6, 6.07) is 15.7. The molecule has 0 saturated carbocycles. The van der Waals surface area contributed by atoms with Crippen LogP contribution in [0.5, 0.6) is 0 Å². The number of hydrogen-bond donors (Lipinski definition) is 2. The van der Waals surface area contributed by atoms with E-state index in [0.717, 1.165) is 19.1 Å². The number of allylic oxidation sites excluding steroid dienone is 1. The predicted octanol–water partition coefficient (Wildman–Crippen LogP) is 6.24. The van der Waals surface area contributed by atoms with Crippen LogP contribution in [0.3, 0.4) is 0 Å². The quantitative estimate of drug-likeness (QED) is 0.238. The van der Waals surface area contributed by atoms with Gasteiger partial charge in [0.2, 0.25) is 0 Å².